The fourth-order valence-corrected chi connectivity index (χ4v) is 1.33. The molecule has 2 N–H and O–H groups in total. The fraction of sp³-hybridized carbons (Fsp3) is 0.600. The molecule has 1 unspecified atom stereocenters. The Morgan fingerprint density at radius 1 is 1.71 bits per heavy atom. The predicted octanol–water partition coefficient (Wildman–Crippen LogP) is 0.659. The van der Waals surface area contributed by atoms with Gasteiger partial charge >= 0.3 is 0 Å². The number of nitrogens with two attached hydrogens (primary N) is 1. The van der Waals surface area contributed by atoms with Crippen LogP contribution in [0.4, 0.5) is 0 Å². The molecule has 1 rings (SSSR count). The van der Waals surface area contributed by atoms with Gasteiger partial charge in [0.2, 0.25) is 0 Å². The Labute approximate surface area is 84.1 Å². The van der Waals surface area contributed by atoms with Gasteiger partial charge in [0.15, 0.2) is 5.78 Å². The molecule has 4 heteroatoms. The molecule has 0 aromatic carbocycles. The van der Waals surface area contributed by atoms with Crippen LogP contribution >= 0.6 is 0 Å². The lowest BCUT2D eigenvalue weighted by atomic mass is 10.1. The molecule has 14 heavy (non-hydrogen) atoms. The number of rotatable bonds is 5. The summed E-state index contributed by atoms with van der Waals surface area (Å²) in [6.45, 7) is 2.02. The van der Waals surface area contributed by atoms with Gasteiger partial charge in [-0.05, 0) is 6.42 Å². The summed E-state index contributed by atoms with van der Waals surface area (Å²) in [5, 5.41) is 0. The van der Waals surface area contributed by atoms with E-state index in [0.29, 0.717) is 6.42 Å². The summed E-state index contributed by atoms with van der Waals surface area (Å²) in [5.41, 5.74) is 5.71. The first-order valence-electron chi connectivity index (χ1n) is 4.89. The highest BCUT2D eigenvalue weighted by Gasteiger charge is 2.14. The second-order valence-electron chi connectivity index (χ2n) is 3.49. The topological polar surface area (TPSA) is 60.9 Å². The van der Waals surface area contributed by atoms with E-state index in [1.54, 1.807) is 6.20 Å². The summed E-state index contributed by atoms with van der Waals surface area (Å²) in [5.74, 6) is 0.850. The van der Waals surface area contributed by atoms with Crippen LogP contribution in [-0.4, -0.2) is 21.4 Å². The van der Waals surface area contributed by atoms with Crippen LogP contribution < -0.4 is 5.73 Å². The van der Waals surface area contributed by atoms with Crippen molar-refractivity contribution < 1.29 is 4.79 Å². The van der Waals surface area contributed by atoms with E-state index >= 15 is 0 Å². The lowest BCUT2D eigenvalue weighted by molar-refractivity contribution is -0.119. The van der Waals surface area contributed by atoms with Gasteiger partial charge in [-0.3, -0.25) is 4.79 Å². The Kier molecular flexibility index (Phi) is 3.83. The summed E-state index contributed by atoms with van der Waals surface area (Å²) in [7, 11) is 1.88. The second kappa shape index (κ2) is 4.91. The van der Waals surface area contributed by atoms with Crippen molar-refractivity contribution in [3.8, 4) is 0 Å². The van der Waals surface area contributed by atoms with Crippen LogP contribution in [0, 0.1) is 0 Å². The van der Waals surface area contributed by atoms with Gasteiger partial charge in [0, 0.05) is 19.4 Å². The Morgan fingerprint density at radius 3 is 2.93 bits per heavy atom. The number of hydrogen-bond acceptors (Lipinski definition) is 3. The van der Waals surface area contributed by atoms with Gasteiger partial charge in [-0.15, -0.1) is 0 Å². The third kappa shape index (κ3) is 2.67. The molecule has 0 spiro atoms. The zero-order valence-electron chi connectivity index (χ0n) is 8.73. The minimum atomic E-state index is -0.336. The first-order valence-corrected chi connectivity index (χ1v) is 4.89. The molecule has 0 aliphatic heterocycles. The van der Waals surface area contributed by atoms with Crippen molar-refractivity contribution in [1.82, 2.24) is 9.55 Å². The van der Waals surface area contributed by atoms with Crippen molar-refractivity contribution in [3.63, 3.8) is 0 Å². The molecule has 0 aliphatic carbocycles. The van der Waals surface area contributed by atoms with Gasteiger partial charge in [0.25, 0.3) is 0 Å². The monoisotopic (exact) mass is 195 g/mol. The van der Waals surface area contributed by atoms with E-state index < -0.39 is 0 Å². The maximum absolute atomic E-state index is 11.6. The van der Waals surface area contributed by atoms with Gasteiger partial charge in [-0.25, -0.2) is 4.98 Å². The summed E-state index contributed by atoms with van der Waals surface area (Å²) >= 11 is 0. The molecule has 1 aromatic heterocycles. The second-order valence-corrected chi connectivity index (χ2v) is 3.49. The zero-order valence-corrected chi connectivity index (χ0v) is 8.73. The predicted molar refractivity (Wildman–Crippen MR) is 54.8 cm³/mol. The van der Waals surface area contributed by atoms with Crippen LogP contribution in [0.2, 0.25) is 0 Å². The Morgan fingerprint density at radius 2 is 2.43 bits per heavy atom. The van der Waals surface area contributed by atoms with E-state index in [4.69, 9.17) is 5.73 Å². The third-order valence-electron chi connectivity index (χ3n) is 2.27. The van der Waals surface area contributed by atoms with Gasteiger partial charge in [-0.2, -0.15) is 0 Å². The minimum Gasteiger partial charge on any atom is -0.338 e. The molecule has 0 radical (unpaired) electrons. The zero-order chi connectivity index (χ0) is 10.6. The Balaban J connectivity index is 2.53. The smallest absolute Gasteiger partial charge is 0.157 e. The molecular weight excluding hydrogens is 178 g/mol. The number of imidazole rings is 1. The number of Topliss-reactive ketones (excluding diaryl/α,β-unsaturated/α-hetero) is 1. The van der Waals surface area contributed by atoms with Crippen molar-refractivity contribution in [2.24, 2.45) is 12.8 Å². The van der Waals surface area contributed by atoms with Crippen LogP contribution in [0.15, 0.2) is 12.4 Å². The van der Waals surface area contributed by atoms with Crippen molar-refractivity contribution >= 4 is 5.78 Å². The Bertz CT molecular complexity index is 306. The number of aryl methyl sites for hydroxylation is 1. The molecule has 0 amide bonds. The van der Waals surface area contributed by atoms with Crippen LogP contribution in [0.25, 0.3) is 0 Å². The highest BCUT2D eigenvalue weighted by Crippen LogP contribution is 2.01. The summed E-state index contributed by atoms with van der Waals surface area (Å²) in [6.07, 6.45) is 5.54. The van der Waals surface area contributed by atoms with Gasteiger partial charge < -0.3 is 10.3 Å². The molecule has 0 saturated heterocycles. The summed E-state index contributed by atoms with van der Waals surface area (Å²) in [4.78, 5) is 15.7. The maximum Gasteiger partial charge on any atom is 0.157 e. The quantitative estimate of drug-likeness (QED) is 0.750. The summed E-state index contributed by atoms with van der Waals surface area (Å²) < 4.78 is 1.84. The molecule has 0 saturated carbocycles. The molecule has 1 heterocycles. The van der Waals surface area contributed by atoms with Crippen LogP contribution in [0.1, 0.15) is 25.6 Å². The number of aromatic nitrogens is 2. The van der Waals surface area contributed by atoms with Crippen LogP contribution in [0.5, 0.6) is 0 Å². The lowest BCUT2D eigenvalue weighted by Crippen LogP contribution is -2.32. The van der Waals surface area contributed by atoms with E-state index in [-0.39, 0.29) is 11.8 Å². The van der Waals surface area contributed by atoms with Gasteiger partial charge in [0.05, 0.1) is 12.5 Å². The highest BCUT2D eigenvalue weighted by molar-refractivity contribution is 5.85. The number of carbonyl (C=O) groups excluding carboxylic acids is 1. The number of ketones is 1. The normalized spacial score (nSPS) is 12.8. The number of carbonyl (C=O) groups is 1. The summed E-state index contributed by atoms with van der Waals surface area (Å²) in [6, 6.07) is -0.336. The standard InChI is InChI=1S/C10H17N3O/c1-3-4-8(11)9(14)7-10-12-5-6-13(10)2/h5-6,8H,3-4,7,11H2,1-2H3. The number of hydrogen-bond donors (Lipinski definition) is 1. The Hall–Kier alpha value is -1.16. The van der Waals surface area contributed by atoms with Crippen molar-refractivity contribution in [2.75, 3.05) is 0 Å². The van der Waals surface area contributed by atoms with E-state index in [1.165, 1.54) is 0 Å². The van der Waals surface area contributed by atoms with Crippen molar-refractivity contribution in [2.45, 2.75) is 32.2 Å². The molecule has 1 atom stereocenters. The van der Waals surface area contributed by atoms with Crippen LogP contribution in [-0.2, 0) is 18.3 Å². The molecule has 0 aliphatic rings. The van der Waals surface area contributed by atoms with Crippen molar-refractivity contribution in [3.05, 3.63) is 18.2 Å². The van der Waals surface area contributed by atoms with E-state index in [2.05, 4.69) is 4.98 Å². The van der Waals surface area contributed by atoms with E-state index in [0.717, 1.165) is 18.7 Å². The maximum atomic E-state index is 11.6. The lowest BCUT2D eigenvalue weighted by Gasteiger charge is -2.08. The first-order chi connectivity index (χ1) is 6.65. The van der Waals surface area contributed by atoms with Crippen LogP contribution in [0.3, 0.4) is 0 Å². The molecule has 0 bridgehead atoms. The largest absolute Gasteiger partial charge is 0.338 e. The molecule has 0 fully saturated rings. The fourth-order valence-electron chi connectivity index (χ4n) is 1.33. The third-order valence-corrected chi connectivity index (χ3v) is 2.27. The molecule has 4 nitrogen and oxygen atoms in total. The van der Waals surface area contributed by atoms with Gasteiger partial charge in [-0.1, -0.05) is 13.3 Å². The minimum absolute atomic E-state index is 0.0705. The van der Waals surface area contributed by atoms with E-state index in [1.807, 2.05) is 24.7 Å². The molecule has 1 aromatic rings. The SMILES string of the molecule is CCCC(N)C(=O)Cc1nccn1C. The number of nitrogens with zero attached hydrogens (tertiary/aromatic N) is 2. The highest BCUT2D eigenvalue weighted by atomic mass is 16.1. The molecule has 78 valence electrons. The van der Waals surface area contributed by atoms with Gasteiger partial charge in [0.1, 0.15) is 5.82 Å². The first kappa shape index (κ1) is 10.9. The average molecular weight is 195 g/mol. The molecular formula is C10H17N3O. The van der Waals surface area contributed by atoms with E-state index in [9.17, 15) is 4.79 Å². The van der Waals surface area contributed by atoms with Crippen molar-refractivity contribution in [1.29, 1.82) is 0 Å². The average Bonchev–Trinajstić information content (AvgIpc) is 2.52.